The number of thioether (sulfide) groups is 1. The molecule has 0 amide bonds. The highest BCUT2D eigenvalue weighted by Crippen LogP contribution is 2.29. The van der Waals surface area contributed by atoms with Crippen LogP contribution in [0.25, 0.3) is 21.8 Å². The summed E-state index contributed by atoms with van der Waals surface area (Å²) in [6.45, 7) is 1.96. The van der Waals surface area contributed by atoms with Gasteiger partial charge in [0.1, 0.15) is 16.2 Å². The number of fused-ring (bicyclic) bond motifs is 2. The van der Waals surface area contributed by atoms with Crippen molar-refractivity contribution in [3.8, 4) is 0 Å². The van der Waals surface area contributed by atoms with Crippen LogP contribution in [0.15, 0.2) is 57.1 Å². The SMILES string of the molecule is CCc1nc(SCc2cccc3ccccc23)c2c(=O)n(C)c(=O)n(C)c2n1. The lowest BCUT2D eigenvalue weighted by Crippen LogP contribution is -2.37. The second kappa shape index (κ2) is 7.24. The van der Waals surface area contributed by atoms with Crippen molar-refractivity contribution < 1.29 is 0 Å². The average molecular weight is 392 g/mol. The number of hydrogen-bond acceptors (Lipinski definition) is 5. The molecule has 28 heavy (non-hydrogen) atoms. The largest absolute Gasteiger partial charge is 0.332 e. The van der Waals surface area contributed by atoms with E-state index in [2.05, 4.69) is 34.2 Å². The molecule has 4 rings (SSSR count). The number of benzene rings is 2. The van der Waals surface area contributed by atoms with Crippen molar-refractivity contribution in [2.24, 2.45) is 14.1 Å². The van der Waals surface area contributed by atoms with E-state index in [0.717, 1.165) is 4.57 Å². The number of nitrogens with zero attached hydrogens (tertiary/aromatic N) is 4. The van der Waals surface area contributed by atoms with Crippen LogP contribution in [0.2, 0.25) is 0 Å². The Morgan fingerprint density at radius 1 is 0.964 bits per heavy atom. The molecule has 2 heterocycles. The van der Waals surface area contributed by atoms with Gasteiger partial charge in [0.05, 0.1) is 0 Å². The van der Waals surface area contributed by atoms with Gasteiger partial charge in [-0.2, -0.15) is 0 Å². The molecule has 7 heteroatoms. The summed E-state index contributed by atoms with van der Waals surface area (Å²) in [5.74, 6) is 1.29. The van der Waals surface area contributed by atoms with Crippen LogP contribution in [-0.2, 0) is 26.3 Å². The highest BCUT2D eigenvalue weighted by Gasteiger charge is 2.17. The summed E-state index contributed by atoms with van der Waals surface area (Å²) >= 11 is 1.50. The van der Waals surface area contributed by atoms with Gasteiger partial charge in [0.15, 0.2) is 5.65 Å². The lowest BCUT2D eigenvalue weighted by atomic mass is 10.1. The molecule has 4 aromatic rings. The first-order chi connectivity index (χ1) is 13.5. The fourth-order valence-corrected chi connectivity index (χ4v) is 4.34. The second-order valence-electron chi connectivity index (χ2n) is 6.63. The van der Waals surface area contributed by atoms with Crippen LogP contribution in [0.5, 0.6) is 0 Å². The normalized spacial score (nSPS) is 11.4. The van der Waals surface area contributed by atoms with E-state index in [1.807, 2.05) is 25.1 Å². The summed E-state index contributed by atoms with van der Waals surface area (Å²) in [6.07, 6.45) is 0.626. The Bertz CT molecular complexity index is 1320. The fraction of sp³-hybridized carbons (Fsp3) is 0.238. The third-order valence-electron chi connectivity index (χ3n) is 4.87. The molecule has 0 bridgehead atoms. The zero-order valence-corrected chi connectivity index (χ0v) is 16.8. The maximum absolute atomic E-state index is 12.8. The Hall–Kier alpha value is -2.93. The third kappa shape index (κ3) is 3.01. The average Bonchev–Trinajstić information content (AvgIpc) is 2.73. The van der Waals surface area contributed by atoms with Crippen molar-refractivity contribution in [2.75, 3.05) is 0 Å². The standard InChI is InChI=1S/C21H20N4O2S/c1-4-16-22-18-17(20(26)25(3)21(27)24(18)2)19(23-16)28-12-14-10-7-9-13-8-5-6-11-15(13)14/h5-11H,4,12H2,1-3H3. The van der Waals surface area contributed by atoms with Crippen molar-refractivity contribution in [1.82, 2.24) is 19.1 Å². The van der Waals surface area contributed by atoms with Crippen LogP contribution in [0, 0.1) is 0 Å². The summed E-state index contributed by atoms with van der Waals surface area (Å²) in [5.41, 5.74) is 0.819. The van der Waals surface area contributed by atoms with Gasteiger partial charge in [-0.25, -0.2) is 14.8 Å². The van der Waals surface area contributed by atoms with Crippen LogP contribution in [0.1, 0.15) is 18.3 Å². The molecule has 2 aromatic heterocycles. The van der Waals surface area contributed by atoms with Gasteiger partial charge in [-0.1, -0.05) is 49.4 Å². The minimum atomic E-state index is -0.386. The van der Waals surface area contributed by atoms with Crippen LogP contribution >= 0.6 is 11.8 Å². The molecule has 0 saturated carbocycles. The zero-order chi connectivity index (χ0) is 19.8. The van der Waals surface area contributed by atoms with Gasteiger partial charge in [0.2, 0.25) is 0 Å². The van der Waals surface area contributed by atoms with E-state index in [9.17, 15) is 9.59 Å². The first-order valence-electron chi connectivity index (χ1n) is 9.07. The molecule has 0 spiro atoms. The molecular formula is C21H20N4O2S. The number of aryl methyl sites for hydroxylation is 2. The Morgan fingerprint density at radius 2 is 1.71 bits per heavy atom. The minimum Gasteiger partial charge on any atom is -0.280 e. The lowest BCUT2D eigenvalue weighted by Gasteiger charge is -2.12. The third-order valence-corrected chi connectivity index (χ3v) is 5.90. The first-order valence-corrected chi connectivity index (χ1v) is 10.1. The van der Waals surface area contributed by atoms with Crippen molar-refractivity contribution in [3.05, 3.63) is 74.7 Å². The monoisotopic (exact) mass is 392 g/mol. The molecular weight excluding hydrogens is 372 g/mol. The van der Waals surface area contributed by atoms with Gasteiger partial charge in [0, 0.05) is 26.3 Å². The van der Waals surface area contributed by atoms with Crippen molar-refractivity contribution in [1.29, 1.82) is 0 Å². The van der Waals surface area contributed by atoms with E-state index in [0.29, 0.717) is 34.1 Å². The maximum atomic E-state index is 12.8. The molecule has 0 aliphatic carbocycles. The molecule has 0 aliphatic heterocycles. The number of rotatable bonds is 4. The van der Waals surface area contributed by atoms with Gasteiger partial charge in [-0.05, 0) is 16.3 Å². The molecule has 0 saturated heterocycles. The number of hydrogen-bond donors (Lipinski definition) is 0. The Labute approximate surface area is 165 Å². The molecule has 2 aromatic carbocycles. The molecule has 0 fully saturated rings. The first kappa shape index (κ1) is 18.4. The van der Waals surface area contributed by atoms with E-state index in [1.165, 1.54) is 39.7 Å². The molecule has 0 unspecified atom stereocenters. The van der Waals surface area contributed by atoms with E-state index in [4.69, 9.17) is 0 Å². The molecule has 142 valence electrons. The van der Waals surface area contributed by atoms with Crippen LogP contribution < -0.4 is 11.2 Å². The van der Waals surface area contributed by atoms with Gasteiger partial charge in [0.25, 0.3) is 5.56 Å². The predicted molar refractivity (Wildman–Crippen MR) is 113 cm³/mol. The van der Waals surface area contributed by atoms with E-state index >= 15 is 0 Å². The summed E-state index contributed by atoms with van der Waals surface area (Å²) in [7, 11) is 3.12. The second-order valence-corrected chi connectivity index (χ2v) is 7.59. The smallest absolute Gasteiger partial charge is 0.280 e. The minimum absolute atomic E-state index is 0.360. The summed E-state index contributed by atoms with van der Waals surface area (Å²) in [6, 6.07) is 14.5. The molecule has 0 N–H and O–H groups in total. The van der Waals surface area contributed by atoms with Crippen molar-refractivity contribution >= 4 is 33.6 Å². The maximum Gasteiger partial charge on any atom is 0.332 e. The topological polar surface area (TPSA) is 69.8 Å². The molecule has 0 radical (unpaired) electrons. The van der Waals surface area contributed by atoms with Crippen LogP contribution in [-0.4, -0.2) is 19.1 Å². The molecule has 0 atom stereocenters. The molecule has 6 nitrogen and oxygen atoms in total. The van der Waals surface area contributed by atoms with Gasteiger partial charge < -0.3 is 0 Å². The summed E-state index contributed by atoms with van der Waals surface area (Å²) in [5, 5.41) is 3.38. The number of aromatic nitrogens is 4. The van der Waals surface area contributed by atoms with E-state index < -0.39 is 0 Å². The van der Waals surface area contributed by atoms with E-state index in [-0.39, 0.29) is 11.2 Å². The van der Waals surface area contributed by atoms with E-state index in [1.54, 1.807) is 7.05 Å². The summed E-state index contributed by atoms with van der Waals surface area (Å²) < 4.78 is 2.53. The van der Waals surface area contributed by atoms with Crippen molar-refractivity contribution in [2.45, 2.75) is 24.1 Å². The Balaban J connectivity index is 1.86. The predicted octanol–water partition coefficient (Wildman–Crippen LogP) is 3.04. The highest BCUT2D eigenvalue weighted by molar-refractivity contribution is 7.98. The Morgan fingerprint density at radius 3 is 2.50 bits per heavy atom. The van der Waals surface area contributed by atoms with Gasteiger partial charge >= 0.3 is 5.69 Å². The van der Waals surface area contributed by atoms with Gasteiger partial charge in [-0.3, -0.25) is 13.9 Å². The van der Waals surface area contributed by atoms with Gasteiger partial charge in [-0.15, -0.1) is 11.8 Å². The van der Waals surface area contributed by atoms with Crippen molar-refractivity contribution in [3.63, 3.8) is 0 Å². The van der Waals surface area contributed by atoms with Crippen LogP contribution in [0.3, 0.4) is 0 Å². The zero-order valence-electron chi connectivity index (χ0n) is 16.0. The highest BCUT2D eigenvalue weighted by atomic mass is 32.2. The van der Waals surface area contributed by atoms with Crippen LogP contribution in [0.4, 0.5) is 0 Å². The fourth-order valence-electron chi connectivity index (χ4n) is 3.30. The quantitative estimate of drug-likeness (QED) is 0.394. The molecule has 0 aliphatic rings. The lowest BCUT2D eigenvalue weighted by molar-refractivity contribution is 0.698. The summed E-state index contributed by atoms with van der Waals surface area (Å²) in [4.78, 5) is 34.2. The Kier molecular flexibility index (Phi) is 4.77.